The summed E-state index contributed by atoms with van der Waals surface area (Å²) in [5.41, 5.74) is 0.829. The zero-order valence-corrected chi connectivity index (χ0v) is 19.5. The molecule has 0 radical (unpaired) electrons. The lowest BCUT2D eigenvalue weighted by Crippen LogP contribution is -2.16. The zero-order valence-electron chi connectivity index (χ0n) is 17.2. The topological polar surface area (TPSA) is 93.7 Å². The number of anilines is 2. The van der Waals surface area contributed by atoms with Crippen molar-refractivity contribution in [1.29, 1.82) is 0 Å². The van der Waals surface area contributed by atoms with Gasteiger partial charge in [-0.1, -0.05) is 23.2 Å². The summed E-state index contributed by atoms with van der Waals surface area (Å²) in [7, 11) is -2.52. The van der Waals surface area contributed by atoms with Crippen LogP contribution in [0.1, 0.15) is 17.3 Å². The van der Waals surface area contributed by atoms with Gasteiger partial charge in [-0.2, -0.15) is 0 Å². The number of halogens is 2. The summed E-state index contributed by atoms with van der Waals surface area (Å²) in [6.07, 6.45) is 0. The highest BCUT2D eigenvalue weighted by molar-refractivity contribution is 7.92. The summed E-state index contributed by atoms with van der Waals surface area (Å²) in [5.74, 6) is 0.316. The van der Waals surface area contributed by atoms with Crippen LogP contribution in [0, 0.1) is 0 Å². The van der Waals surface area contributed by atoms with Crippen LogP contribution in [0.3, 0.4) is 0 Å². The first kappa shape index (κ1) is 23.7. The second kappa shape index (κ2) is 10.1. The minimum absolute atomic E-state index is 0.0701. The summed E-state index contributed by atoms with van der Waals surface area (Å²) in [6.45, 7) is 2.11. The summed E-state index contributed by atoms with van der Waals surface area (Å²) < 4.78 is 38.9. The molecule has 0 atom stereocenters. The average Bonchev–Trinajstić information content (AvgIpc) is 2.75. The number of rotatable bonds is 8. The van der Waals surface area contributed by atoms with Gasteiger partial charge in [0.1, 0.15) is 11.5 Å². The Morgan fingerprint density at radius 2 is 1.66 bits per heavy atom. The van der Waals surface area contributed by atoms with Gasteiger partial charge in [0, 0.05) is 10.6 Å². The summed E-state index contributed by atoms with van der Waals surface area (Å²) in [4.78, 5) is 12.6. The van der Waals surface area contributed by atoms with Crippen molar-refractivity contribution in [2.24, 2.45) is 0 Å². The van der Waals surface area contributed by atoms with Crippen LogP contribution >= 0.6 is 23.2 Å². The van der Waals surface area contributed by atoms with Crippen LogP contribution in [0.4, 0.5) is 11.4 Å². The number of ether oxygens (including phenoxy) is 2. The Morgan fingerprint density at radius 1 is 0.969 bits per heavy atom. The van der Waals surface area contributed by atoms with Gasteiger partial charge in [-0.05, 0) is 67.6 Å². The third-order valence-electron chi connectivity index (χ3n) is 4.32. The number of hydrogen-bond donors (Lipinski definition) is 2. The molecule has 0 aliphatic rings. The van der Waals surface area contributed by atoms with Crippen molar-refractivity contribution in [3.63, 3.8) is 0 Å². The van der Waals surface area contributed by atoms with Crippen molar-refractivity contribution in [2.45, 2.75) is 11.8 Å². The van der Waals surface area contributed by atoms with E-state index in [0.717, 1.165) is 0 Å². The van der Waals surface area contributed by atoms with Crippen LogP contribution in [0.2, 0.25) is 10.0 Å². The molecule has 3 rings (SSSR count). The minimum atomic E-state index is -3.98. The number of amides is 1. The minimum Gasteiger partial charge on any atom is -0.495 e. The van der Waals surface area contributed by atoms with Gasteiger partial charge in [0.2, 0.25) is 0 Å². The van der Waals surface area contributed by atoms with Gasteiger partial charge >= 0.3 is 0 Å². The number of benzene rings is 3. The molecule has 0 unspecified atom stereocenters. The van der Waals surface area contributed by atoms with Crippen LogP contribution in [0.25, 0.3) is 0 Å². The van der Waals surface area contributed by atoms with Crippen molar-refractivity contribution < 1.29 is 22.7 Å². The standard InChI is InChI=1S/C22H20Cl2N2O5S/c1-3-31-21-11-9-17(13-19(21)25-22(27)14-4-6-15(23)7-5-14)32(28,29)26-16-8-10-20(30-2)18(24)12-16/h4-13,26H,3H2,1-2H3,(H,25,27). The van der Waals surface area contributed by atoms with Crippen LogP contribution in [-0.4, -0.2) is 28.0 Å². The molecule has 0 aliphatic heterocycles. The van der Waals surface area contributed by atoms with Gasteiger partial charge in [-0.25, -0.2) is 8.42 Å². The molecular weight excluding hydrogens is 475 g/mol. The van der Waals surface area contributed by atoms with Crippen LogP contribution in [0.15, 0.2) is 65.6 Å². The smallest absolute Gasteiger partial charge is 0.261 e. The maximum Gasteiger partial charge on any atom is 0.261 e. The molecule has 32 heavy (non-hydrogen) atoms. The van der Waals surface area contributed by atoms with E-state index in [2.05, 4.69) is 10.0 Å². The fourth-order valence-electron chi connectivity index (χ4n) is 2.79. The number of carbonyl (C=O) groups excluding carboxylic acids is 1. The molecule has 0 saturated heterocycles. The van der Waals surface area contributed by atoms with Crippen molar-refractivity contribution in [2.75, 3.05) is 23.8 Å². The van der Waals surface area contributed by atoms with Crippen molar-refractivity contribution in [3.05, 3.63) is 76.3 Å². The fourth-order valence-corrected chi connectivity index (χ4v) is 4.25. The molecule has 0 saturated carbocycles. The number of sulfonamides is 1. The molecular formula is C22H20Cl2N2O5S. The molecule has 0 fully saturated rings. The highest BCUT2D eigenvalue weighted by Gasteiger charge is 2.19. The van der Waals surface area contributed by atoms with Gasteiger partial charge in [0.05, 0.1) is 35.0 Å². The maximum absolute atomic E-state index is 12.9. The second-order valence-corrected chi connectivity index (χ2v) is 9.03. The third kappa shape index (κ3) is 5.64. The molecule has 0 spiro atoms. The maximum atomic E-state index is 12.9. The summed E-state index contributed by atoms with van der Waals surface area (Å²) >= 11 is 11.9. The van der Waals surface area contributed by atoms with E-state index in [1.54, 1.807) is 37.3 Å². The molecule has 0 bridgehead atoms. The molecule has 2 N–H and O–H groups in total. The van der Waals surface area contributed by atoms with Crippen LogP contribution in [0.5, 0.6) is 11.5 Å². The van der Waals surface area contributed by atoms with Crippen molar-refractivity contribution in [3.8, 4) is 11.5 Å². The normalized spacial score (nSPS) is 11.0. The second-order valence-electron chi connectivity index (χ2n) is 6.51. The van der Waals surface area contributed by atoms with E-state index in [9.17, 15) is 13.2 Å². The van der Waals surface area contributed by atoms with Crippen LogP contribution < -0.4 is 19.5 Å². The lowest BCUT2D eigenvalue weighted by molar-refractivity contribution is 0.102. The Balaban J connectivity index is 1.90. The number of methoxy groups -OCH3 is 1. The Bertz CT molecular complexity index is 1230. The molecule has 10 heteroatoms. The van der Waals surface area contributed by atoms with E-state index in [1.165, 1.54) is 37.4 Å². The highest BCUT2D eigenvalue weighted by Crippen LogP contribution is 2.31. The predicted octanol–water partition coefficient (Wildman–Crippen LogP) is 5.45. The first-order chi connectivity index (χ1) is 15.2. The number of nitrogens with one attached hydrogen (secondary N) is 2. The van der Waals surface area contributed by atoms with Crippen molar-refractivity contribution >= 4 is 50.5 Å². The first-order valence-corrected chi connectivity index (χ1v) is 11.7. The monoisotopic (exact) mass is 494 g/mol. The molecule has 0 aliphatic carbocycles. The predicted molar refractivity (Wildman–Crippen MR) is 126 cm³/mol. The molecule has 3 aromatic rings. The van der Waals surface area contributed by atoms with Gasteiger partial charge in [0.25, 0.3) is 15.9 Å². The highest BCUT2D eigenvalue weighted by atomic mass is 35.5. The number of carbonyl (C=O) groups is 1. The van der Waals surface area contributed by atoms with Crippen LogP contribution in [-0.2, 0) is 10.0 Å². The summed E-state index contributed by atoms with van der Waals surface area (Å²) in [5, 5.41) is 3.45. The van der Waals surface area contributed by atoms with Crippen molar-refractivity contribution in [1.82, 2.24) is 0 Å². The SMILES string of the molecule is CCOc1ccc(S(=O)(=O)Nc2ccc(OC)c(Cl)c2)cc1NC(=O)c1ccc(Cl)cc1. The Kier molecular flexibility index (Phi) is 7.50. The molecule has 7 nitrogen and oxygen atoms in total. The molecule has 168 valence electrons. The molecule has 0 aromatic heterocycles. The Hall–Kier alpha value is -2.94. The van der Waals surface area contributed by atoms with E-state index in [4.69, 9.17) is 32.7 Å². The molecule has 0 heterocycles. The van der Waals surface area contributed by atoms with Gasteiger partial charge in [-0.15, -0.1) is 0 Å². The van der Waals surface area contributed by atoms with Gasteiger partial charge < -0.3 is 14.8 Å². The molecule has 1 amide bonds. The average molecular weight is 495 g/mol. The molecule has 3 aromatic carbocycles. The van der Waals surface area contributed by atoms with Gasteiger partial charge in [-0.3, -0.25) is 9.52 Å². The number of hydrogen-bond acceptors (Lipinski definition) is 5. The van der Waals surface area contributed by atoms with E-state index < -0.39 is 15.9 Å². The largest absolute Gasteiger partial charge is 0.495 e. The summed E-state index contributed by atoms with van der Waals surface area (Å²) in [6, 6.07) is 15.0. The van der Waals surface area contributed by atoms with Gasteiger partial charge in [0.15, 0.2) is 0 Å². The Morgan fingerprint density at radius 3 is 2.28 bits per heavy atom. The first-order valence-electron chi connectivity index (χ1n) is 9.43. The third-order valence-corrected chi connectivity index (χ3v) is 6.25. The quantitative estimate of drug-likeness (QED) is 0.433. The zero-order chi connectivity index (χ0) is 23.3. The van der Waals surface area contributed by atoms with E-state index in [1.807, 2.05) is 0 Å². The van der Waals surface area contributed by atoms with E-state index in [0.29, 0.717) is 28.7 Å². The lowest BCUT2D eigenvalue weighted by Gasteiger charge is -2.15. The lowest BCUT2D eigenvalue weighted by atomic mass is 10.2. The Labute approximate surface area is 196 Å². The van der Waals surface area contributed by atoms with E-state index >= 15 is 0 Å². The van der Waals surface area contributed by atoms with E-state index in [-0.39, 0.29) is 21.3 Å². The fraction of sp³-hybridized carbons (Fsp3) is 0.136.